The van der Waals surface area contributed by atoms with Crippen LogP contribution in [0.2, 0.25) is 0 Å². The lowest BCUT2D eigenvalue weighted by molar-refractivity contribution is 1.46. The van der Waals surface area contributed by atoms with E-state index in [1.54, 1.807) is 11.3 Å². The van der Waals surface area contributed by atoms with Crippen LogP contribution in [0.3, 0.4) is 0 Å². The highest BCUT2D eigenvalue weighted by Gasteiger charge is 2.31. The molecule has 3 heteroatoms. The summed E-state index contributed by atoms with van der Waals surface area (Å²) in [5.74, 6) is 0. The standard InChI is InChI=1S/C21H16ClPS/c22-18-13-14-19(21(18)20-12-7-15-24-20)23(16-8-3-1-4-9-16)17-10-5-2-6-11-17/h1-15,19H. The quantitative estimate of drug-likeness (QED) is 0.514. The lowest BCUT2D eigenvalue weighted by Crippen LogP contribution is -2.20. The van der Waals surface area contributed by atoms with Gasteiger partial charge in [-0.2, -0.15) is 0 Å². The first-order valence-electron chi connectivity index (χ1n) is 7.85. The zero-order valence-corrected chi connectivity index (χ0v) is 15.4. The molecule has 0 spiro atoms. The predicted octanol–water partition coefficient (Wildman–Crippen LogP) is 5.77. The fourth-order valence-electron chi connectivity index (χ4n) is 3.06. The minimum absolute atomic E-state index is 0.316. The zero-order chi connectivity index (χ0) is 16.4. The second kappa shape index (κ2) is 7.07. The van der Waals surface area contributed by atoms with Crippen molar-refractivity contribution in [1.82, 2.24) is 0 Å². The van der Waals surface area contributed by atoms with Crippen molar-refractivity contribution in [3.05, 3.63) is 100 Å². The van der Waals surface area contributed by atoms with Crippen molar-refractivity contribution in [1.29, 1.82) is 0 Å². The monoisotopic (exact) mass is 366 g/mol. The van der Waals surface area contributed by atoms with E-state index in [1.807, 2.05) is 0 Å². The topological polar surface area (TPSA) is 0 Å². The van der Waals surface area contributed by atoms with E-state index in [-0.39, 0.29) is 0 Å². The Morgan fingerprint density at radius 1 is 0.792 bits per heavy atom. The van der Waals surface area contributed by atoms with Gasteiger partial charge in [-0.05, 0) is 41.6 Å². The van der Waals surface area contributed by atoms with E-state index in [9.17, 15) is 0 Å². The highest BCUT2D eigenvalue weighted by atomic mass is 35.5. The van der Waals surface area contributed by atoms with Crippen molar-refractivity contribution in [3.63, 3.8) is 0 Å². The number of benzene rings is 2. The van der Waals surface area contributed by atoms with Gasteiger partial charge in [-0.25, -0.2) is 0 Å². The van der Waals surface area contributed by atoms with E-state index < -0.39 is 7.92 Å². The van der Waals surface area contributed by atoms with Gasteiger partial charge >= 0.3 is 0 Å². The van der Waals surface area contributed by atoms with Crippen molar-refractivity contribution in [2.75, 3.05) is 0 Å². The Balaban J connectivity index is 1.84. The number of hydrogen-bond donors (Lipinski definition) is 0. The summed E-state index contributed by atoms with van der Waals surface area (Å²) >= 11 is 8.36. The Hall–Kier alpha value is -1.66. The van der Waals surface area contributed by atoms with Crippen molar-refractivity contribution >= 4 is 47.0 Å². The van der Waals surface area contributed by atoms with Crippen molar-refractivity contribution < 1.29 is 0 Å². The molecule has 0 N–H and O–H groups in total. The summed E-state index contributed by atoms with van der Waals surface area (Å²) in [5, 5.41) is 5.76. The van der Waals surface area contributed by atoms with Crippen molar-refractivity contribution in [2.24, 2.45) is 0 Å². The van der Waals surface area contributed by atoms with Gasteiger partial charge in [0.15, 0.2) is 0 Å². The van der Waals surface area contributed by atoms with Gasteiger partial charge in [0.25, 0.3) is 0 Å². The molecule has 118 valence electrons. The van der Waals surface area contributed by atoms with Crippen LogP contribution < -0.4 is 10.6 Å². The third-order valence-electron chi connectivity index (χ3n) is 4.11. The van der Waals surface area contributed by atoms with Crippen LogP contribution in [0.15, 0.2) is 95.4 Å². The van der Waals surface area contributed by atoms with Crippen LogP contribution in [0.4, 0.5) is 0 Å². The molecule has 0 fully saturated rings. The molecule has 1 unspecified atom stereocenters. The normalized spacial score (nSPS) is 17.0. The van der Waals surface area contributed by atoms with Gasteiger partial charge in [-0.3, -0.25) is 0 Å². The minimum atomic E-state index is -0.545. The first-order chi connectivity index (χ1) is 11.8. The van der Waals surface area contributed by atoms with Crippen LogP contribution in [0.1, 0.15) is 4.88 Å². The zero-order valence-electron chi connectivity index (χ0n) is 13.0. The highest BCUT2D eigenvalue weighted by molar-refractivity contribution is 7.74. The molecule has 1 aromatic heterocycles. The Labute approximate surface area is 152 Å². The second-order valence-corrected chi connectivity index (χ2v) is 9.27. The van der Waals surface area contributed by atoms with Crippen LogP contribution >= 0.6 is 30.9 Å². The molecule has 0 radical (unpaired) electrons. The number of hydrogen-bond acceptors (Lipinski definition) is 1. The number of thiophene rings is 1. The predicted molar refractivity (Wildman–Crippen MR) is 109 cm³/mol. The maximum absolute atomic E-state index is 6.59. The molecule has 0 bridgehead atoms. The third kappa shape index (κ3) is 3.00. The maximum Gasteiger partial charge on any atom is 0.0459 e. The molecule has 0 aliphatic heterocycles. The Morgan fingerprint density at radius 2 is 1.42 bits per heavy atom. The Kier molecular flexibility index (Phi) is 4.67. The SMILES string of the molecule is ClC1=C(c2cccs2)C(P(c2ccccc2)c2ccccc2)C=C1. The average Bonchev–Trinajstić information content (AvgIpc) is 3.27. The van der Waals surface area contributed by atoms with Crippen molar-refractivity contribution in [2.45, 2.75) is 5.66 Å². The summed E-state index contributed by atoms with van der Waals surface area (Å²) in [6, 6.07) is 25.9. The summed E-state index contributed by atoms with van der Waals surface area (Å²) in [5.41, 5.74) is 1.58. The second-order valence-electron chi connectivity index (χ2n) is 5.58. The van der Waals surface area contributed by atoms with Crippen LogP contribution in [-0.4, -0.2) is 5.66 Å². The number of halogens is 1. The summed E-state index contributed by atoms with van der Waals surface area (Å²) in [6.07, 6.45) is 4.35. The molecule has 1 aliphatic rings. The third-order valence-corrected chi connectivity index (χ3v) is 8.04. The van der Waals surface area contributed by atoms with Gasteiger partial charge in [0.2, 0.25) is 0 Å². The lowest BCUT2D eigenvalue weighted by atomic mass is 10.2. The number of allylic oxidation sites excluding steroid dienone is 4. The first-order valence-corrected chi connectivity index (χ1v) is 10.5. The molecular formula is C21H16ClPS. The molecule has 0 nitrogen and oxygen atoms in total. The average molecular weight is 367 g/mol. The van der Waals surface area contributed by atoms with Gasteiger partial charge in [0.1, 0.15) is 0 Å². The first kappa shape index (κ1) is 15.8. The lowest BCUT2D eigenvalue weighted by Gasteiger charge is -2.26. The summed E-state index contributed by atoms with van der Waals surface area (Å²) < 4.78 is 0. The summed E-state index contributed by atoms with van der Waals surface area (Å²) in [4.78, 5) is 1.27. The molecule has 1 heterocycles. The molecular weight excluding hydrogens is 351 g/mol. The fourth-order valence-corrected chi connectivity index (χ4v) is 7.12. The minimum Gasteiger partial charge on any atom is -0.144 e. The molecule has 0 saturated carbocycles. The van der Waals surface area contributed by atoms with Gasteiger partial charge in [-0.15, -0.1) is 11.3 Å². The fraction of sp³-hybridized carbons (Fsp3) is 0.0476. The maximum atomic E-state index is 6.59. The largest absolute Gasteiger partial charge is 0.144 e. The van der Waals surface area contributed by atoms with Crippen molar-refractivity contribution in [3.8, 4) is 0 Å². The molecule has 0 saturated heterocycles. The van der Waals surface area contributed by atoms with E-state index in [0.717, 1.165) is 5.03 Å². The Bertz CT molecular complexity index is 827. The van der Waals surface area contributed by atoms with Gasteiger partial charge in [0.05, 0.1) is 0 Å². The van der Waals surface area contributed by atoms with Crippen LogP contribution in [-0.2, 0) is 0 Å². The smallest absolute Gasteiger partial charge is 0.0459 e. The van der Waals surface area contributed by atoms with Crippen LogP contribution in [0.5, 0.6) is 0 Å². The molecule has 0 amide bonds. The number of rotatable bonds is 4. The molecule has 1 aliphatic carbocycles. The highest BCUT2D eigenvalue weighted by Crippen LogP contribution is 2.51. The molecule has 1 atom stereocenters. The van der Waals surface area contributed by atoms with E-state index in [0.29, 0.717) is 5.66 Å². The summed E-state index contributed by atoms with van der Waals surface area (Å²) in [6.45, 7) is 0. The summed E-state index contributed by atoms with van der Waals surface area (Å²) in [7, 11) is -0.545. The molecule has 3 aromatic rings. The Morgan fingerprint density at radius 3 is 1.96 bits per heavy atom. The van der Waals surface area contributed by atoms with Gasteiger partial charge in [0, 0.05) is 15.6 Å². The van der Waals surface area contributed by atoms with Gasteiger partial charge in [-0.1, -0.05) is 84.4 Å². The molecule has 2 aromatic carbocycles. The van der Waals surface area contributed by atoms with Gasteiger partial charge < -0.3 is 0 Å². The van der Waals surface area contributed by atoms with E-state index in [2.05, 4.69) is 90.3 Å². The van der Waals surface area contributed by atoms with E-state index >= 15 is 0 Å². The van der Waals surface area contributed by atoms with Crippen LogP contribution in [0.25, 0.3) is 5.57 Å². The molecule has 24 heavy (non-hydrogen) atoms. The van der Waals surface area contributed by atoms with E-state index in [4.69, 9.17) is 11.6 Å². The van der Waals surface area contributed by atoms with E-state index in [1.165, 1.54) is 21.1 Å². The van der Waals surface area contributed by atoms with Crippen LogP contribution in [0, 0.1) is 0 Å². The molecule has 4 rings (SSSR count).